The summed E-state index contributed by atoms with van der Waals surface area (Å²) < 4.78 is 0. The van der Waals surface area contributed by atoms with Crippen molar-refractivity contribution in [2.75, 3.05) is 26.2 Å². The molecule has 0 N–H and O–H groups in total. The van der Waals surface area contributed by atoms with Crippen LogP contribution in [-0.2, 0) is 9.59 Å². The smallest absolute Gasteiger partial charge is 0.312 e. The van der Waals surface area contributed by atoms with Crippen molar-refractivity contribution in [1.29, 1.82) is 0 Å². The lowest BCUT2D eigenvalue weighted by Gasteiger charge is -2.33. The highest BCUT2D eigenvalue weighted by atomic mass is 35.5. The summed E-state index contributed by atoms with van der Waals surface area (Å²) in [7, 11) is 0. The van der Waals surface area contributed by atoms with E-state index in [1.54, 1.807) is 24.3 Å². The molecule has 1 aromatic carbocycles. The van der Waals surface area contributed by atoms with Gasteiger partial charge < -0.3 is 9.80 Å². The Morgan fingerprint density at radius 1 is 1.19 bits per heavy atom. The summed E-state index contributed by atoms with van der Waals surface area (Å²) >= 11 is 5.84. The molecule has 0 spiro atoms. The molecule has 1 aromatic rings. The molecule has 0 aromatic heterocycles. The number of hydrogen-bond donors (Lipinski definition) is 0. The highest BCUT2D eigenvalue weighted by Gasteiger charge is 2.32. The molecule has 0 saturated carbocycles. The number of nitrogens with zero attached hydrogens (tertiary/aromatic N) is 2. The molecule has 21 heavy (non-hydrogen) atoms. The van der Waals surface area contributed by atoms with Gasteiger partial charge in [-0.3, -0.25) is 14.4 Å². The molecular formula is C15H17ClN2O3. The number of piperazine rings is 1. The van der Waals surface area contributed by atoms with Crippen LogP contribution < -0.4 is 0 Å². The minimum Gasteiger partial charge on any atom is -0.333 e. The molecule has 1 heterocycles. The number of Topliss-reactive ketones (excluding diaryl/α,β-unsaturated/α-hetero) is 1. The molecule has 1 aliphatic heterocycles. The maximum atomic E-state index is 12.1. The van der Waals surface area contributed by atoms with Crippen molar-refractivity contribution in [3.8, 4) is 0 Å². The van der Waals surface area contributed by atoms with Crippen LogP contribution in [0.4, 0.5) is 0 Å². The maximum Gasteiger partial charge on any atom is 0.312 e. The minimum absolute atomic E-state index is 0.0924. The number of rotatable bonds is 5. The van der Waals surface area contributed by atoms with Crippen LogP contribution in [0.2, 0.25) is 5.02 Å². The van der Waals surface area contributed by atoms with Crippen molar-refractivity contribution in [3.63, 3.8) is 0 Å². The fourth-order valence-electron chi connectivity index (χ4n) is 2.28. The topological polar surface area (TPSA) is 57.7 Å². The second-order valence-corrected chi connectivity index (χ2v) is 5.39. The van der Waals surface area contributed by atoms with E-state index in [4.69, 9.17) is 11.6 Å². The molecule has 1 aliphatic rings. The van der Waals surface area contributed by atoms with E-state index in [1.807, 2.05) is 6.92 Å². The van der Waals surface area contributed by atoms with Crippen LogP contribution in [0.3, 0.4) is 0 Å². The second kappa shape index (κ2) is 6.72. The van der Waals surface area contributed by atoms with Gasteiger partial charge in [0.15, 0.2) is 5.78 Å². The average Bonchev–Trinajstić information content (AvgIpc) is 2.47. The summed E-state index contributed by atoms with van der Waals surface area (Å²) in [5.41, 5.74) is 0.443. The van der Waals surface area contributed by atoms with E-state index in [0.29, 0.717) is 30.2 Å². The van der Waals surface area contributed by atoms with Crippen LogP contribution >= 0.6 is 11.6 Å². The van der Waals surface area contributed by atoms with Crippen LogP contribution in [-0.4, -0.2) is 53.6 Å². The minimum atomic E-state index is -0.606. The molecule has 2 amide bonds. The summed E-state index contributed by atoms with van der Waals surface area (Å²) in [6.07, 6.45) is 0.806. The van der Waals surface area contributed by atoms with Crippen LogP contribution in [0.25, 0.3) is 0 Å². The Kier molecular flexibility index (Phi) is 4.96. The molecule has 5 nitrogen and oxygen atoms in total. The fourth-order valence-corrected chi connectivity index (χ4v) is 2.47. The molecule has 1 fully saturated rings. The molecule has 6 heteroatoms. The lowest BCUT2D eigenvalue weighted by atomic mass is 10.1. The van der Waals surface area contributed by atoms with Crippen LogP contribution in [0.1, 0.15) is 23.7 Å². The quantitative estimate of drug-likeness (QED) is 0.613. The van der Waals surface area contributed by atoms with Crippen molar-refractivity contribution in [2.45, 2.75) is 13.3 Å². The molecule has 0 unspecified atom stereocenters. The van der Waals surface area contributed by atoms with Gasteiger partial charge in [0.25, 0.3) is 0 Å². The van der Waals surface area contributed by atoms with Crippen LogP contribution in [0.5, 0.6) is 0 Å². The monoisotopic (exact) mass is 308 g/mol. The maximum absolute atomic E-state index is 12.1. The standard InChI is InChI=1S/C15H17ClN2O3/c1-2-6-17-7-8-18(15(21)14(17)20)10-13(19)11-4-3-5-12(16)9-11/h3-5,9H,2,6-8,10H2,1H3. The Hall–Kier alpha value is -1.88. The third kappa shape index (κ3) is 3.61. The highest BCUT2D eigenvalue weighted by Crippen LogP contribution is 2.13. The molecule has 2 rings (SSSR count). The third-order valence-electron chi connectivity index (χ3n) is 3.37. The number of halogens is 1. The molecule has 0 radical (unpaired) electrons. The summed E-state index contributed by atoms with van der Waals surface area (Å²) in [6, 6.07) is 6.57. The van der Waals surface area contributed by atoms with E-state index >= 15 is 0 Å². The van der Waals surface area contributed by atoms with Gasteiger partial charge in [-0.25, -0.2) is 0 Å². The third-order valence-corrected chi connectivity index (χ3v) is 3.61. The number of carbonyl (C=O) groups is 3. The molecule has 0 bridgehead atoms. The molecule has 0 atom stereocenters. The largest absolute Gasteiger partial charge is 0.333 e. The molecular weight excluding hydrogens is 292 g/mol. The zero-order valence-corrected chi connectivity index (χ0v) is 12.6. The van der Waals surface area contributed by atoms with Crippen molar-refractivity contribution in [2.24, 2.45) is 0 Å². The molecule has 0 aliphatic carbocycles. The van der Waals surface area contributed by atoms with Gasteiger partial charge in [-0.1, -0.05) is 30.7 Å². The van der Waals surface area contributed by atoms with E-state index < -0.39 is 11.8 Å². The highest BCUT2D eigenvalue weighted by molar-refractivity contribution is 6.35. The SMILES string of the molecule is CCCN1CCN(CC(=O)c2cccc(Cl)c2)C(=O)C1=O. The first-order valence-electron chi connectivity index (χ1n) is 6.90. The summed E-state index contributed by atoms with van der Waals surface area (Å²) in [4.78, 5) is 38.9. The Balaban J connectivity index is 2.02. The van der Waals surface area contributed by atoms with Gasteiger partial charge in [0.2, 0.25) is 0 Å². The van der Waals surface area contributed by atoms with E-state index in [-0.39, 0.29) is 12.3 Å². The normalized spacial score (nSPS) is 15.5. The summed E-state index contributed by atoms with van der Waals surface area (Å²) in [5, 5.41) is 0.469. The lowest BCUT2D eigenvalue weighted by Crippen LogP contribution is -2.55. The predicted molar refractivity (Wildman–Crippen MR) is 79.2 cm³/mol. The summed E-state index contributed by atoms with van der Waals surface area (Å²) in [5.74, 6) is -1.35. The number of amides is 2. The number of carbonyl (C=O) groups excluding carboxylic acids is 3. The average molecular weight is 309 g/mol. The molecule has 112 valence electrons. The van der Waals surface area contributed by atoms with Crippen molar-refractivity contribution >= 4 is 29.2 Å². The predicted octanol–water partition coefficient (Wildman–Crippen LogP) is 1.60. The van der Waals surface area contributed by atoms with Crippen molar-refractivity contribution in [1.82, 2.24) is 9.80 Å². The van der Waals surface area contributed by atoms with E-state index in [9.17, 15) is 14.4 Å². The van der Waals surface area contributed by atoms with Crippen LogP contribution in [0, 0.1) is 0 Å². The second-order valence-electron chi connectivity index (χ2n) is 4.95. The fraction of sp³-hybridized carbons (Fsp3) is 0.400. The number of benzene rings is 1. The number of hydrogen-bond acceptors (Lipinski definition) is 3. The van der Waals surface area contributed by atoms with Gasteiger partial charge in [0, 0.05) is 30.2 Å². The first kappa shape index (κ1) is 15.5. The van der Waals surface area contributed by atoms with E-state index in [2.05, 4.69) is 0 Å². The van der Waals surface area contributed by atoms with Crippen molar-refractivity contribution in [3.05, 3.63) is 34.9 Å². The zero-order chi connectivity index (χ0) is 15.4. The molecule has 1 saturated heterocycles. The van der Waals surface area contributed by atoms with Gasteiger partial charge >= 0.3 is 11.8 Å². The Labute approximate surface area is 128 Å². The van der Waals surface area contributed by atoms with Gasteiger partial charge in [-0.15, -0.1) is 0 Å². The zero-order valence-electron chi connectivity index (χ0n) is 11.8. The number of ketones is 1. The van der Waals surface area contributed by atoms with Crippen molar-refractivity contribution < 1.29 is 14.4 Å². The van der Waals surface area contributed by atoms with E-state index in [0.717, 1.165) is 6.42 Å². The van der Waals surface area contributed by atoms with Crippen LogP contribution in [0.15, 0.2) is 24.3 Å². The van der Waals surface area contributed by atoms with Gasteiger partial charge in [-0.05, 0) is 18.6 Å². The van der Waals surface area contributed by atoms with E-state index in [1.165, 1.54) is 9.80 Å². The first-order chi connectivity index (χ1) is 10.0. The Bertz CT molecular complexity index is 574. The first-order valence-corrected chi connectivity index (χ1v) is 7.27. The van der Waals surface area contributed by atoms with Gasteiger partial charge in [-0.2, -0.15) is 0 Å². The van der Waals surface area contributed by atoms with Gasteiger partial charge in [0.05, 0.1) is 6.54 Å². The Morgan fingerprint density at radius 3 is 2.52 bits per heavy atom. The summed E-state index contributed by atoms with van der Waals surface area (Å²) in [6.45, 7) is 3.29. The van der Waals surface area contributed by atoms with Gasteiger partial charge in [0.1, 0.15) is 0 Å². The lowest BCUT2D eigenvalue weighted by molar-refractivity contribution is -0.155. The Morgan fingerprint density at radius 2 is 1.86 bits per heavy atom.